The molecule has 1 saturated carbocycles. The SMILES string of the molecule is O=C1CCC(N2Cc3cccc(CN4CCNC5(CC5)C4)c3C2=O)C(=O)N1. The summed E-state index contributed by atoms with van der Waals surface area (Å²) in [7, 11) is 0. The lowest BCUT2D eigenvalue weighted by Crippen LogP contribution is -2.52. The summed E-state index contributed by atoms with van der Waals surface area (Å²) >= 11 is 0. The molecule has 1 aliphatic carbocycles. The smallest absolute Gasteiger partial charge is 0.255 e. The van der Waals surface area contributed by atoms with Gasteiger partial charge in [0.15, 0.2) is 0 Å². The Hall–Kier alpha value is -2.25. The number of nitrogens with zero attached hydrogens (tertiary/aromatic N) is 2. The molecule has 1 unspecified atom stereocenters. The van der Waals surface area contributed by atoms with Crippen LogP contribution in [0.5, 0.6) is 0 Å². The van der Waals surface area contributed by atoms with Crippen molar-refractivity contribution in [1.82, 2.24) is 20.4 Å². The highest BCUT2D eigenvalue weighted by atomic mass is 16.2. The van der Waals surface area contributed by atoms with Crippen LogP contribution >= 0.6 is 0 Å². The van der Waals surface area contributed by atoms with E-state index in [2.05, 4.69) is 15.5 Å². The largest absolute Gasteiger partial charge is 0.322 e. The average molecular weight is 368 g/mol. The van der Waals surface area contributed by atoms with E-state index in [9.17, 15) is 14.4 Å². The molecule has 2 saturated heterocycles. The van der Waals surface area contributed by atoms with Crippen molar-refractivity contribution in [2.45, 2.75) is 50.4 Å². The standard InChI is InChI=1S/C20H24N4O3/c25-16-5-4-15(18(26)22-16)24-11-14-3-1-2-13(17(14)19(24)27)10-23-9-8-21-20(12-23)6-7-20/h1-3,15,21H,4-12H2,(H,22,25,26). The van der Waals surface area contributed by atoms with Gasteiger partial charge in [0.1, 0.15) is 6.04 Å². The van der Waals surface area contributed by atoms with Gasteiger partial charge in [-0.2, -0.15) is 0 Å². The maximum absolute atomic E-state index is 13.2. The van der Waals surface area contributed by atoms with Gasteiger partial charge in [-0.3, -0.25) is 24.6 Å². The van der Waals surface area contributed by atoms with Gasteiger partial charge < -0.3 is 10.2 Å². The first-order chi connectivity index (χ1) is 13.0. The van der Waals surface area contributed by atoms with E-state index < -0.39 is 6.04 Å². The molecule has 2 N–H and O–H groups in total. The summed E-state index contributed by atoms with van der Waals surface area (Å²) in [6.07, 6.45) is 3.16. The van der Waals surface area contributed by atoms with Gasteiger partial charge in [-0.05, 0) is 30.4 Å². The molecule has 4 aliphatic rings. The molecule has 1 aromatic rings. The number of carbonyl (C=O) groups excluding carboxylic acids is 3. The maximum Gasteiger partial charge on any atom is 0.255 e. The molecule has 3 amide bonds. The second-order valence-corrected chi connectivity index (χ2v) is 8.27. The van der Waals surface area contributed by atoms with Crippen LogP contribution in [0.1, 0.15) is 47.2 Å². The molecule has 3 aliphatic heterocycles. The van der Waals surface area contributed by atoms with Gasteiger partial charge in [-0.15, -0.1) is 0 Å². The summed E-state index contributed by atoms with van der Waals surface area (Å²) in [5.41, 5.74) is 3.09. The fraction of sp³-hybridized carbons (Fsp3) is 0.550. The van der Waals surface area contributed by atoms with E-state index >= 15 is 0 Å². The molecule has 0 bridgehead atoms. The van der Waals surface area contributed by atoms with E-state index in [1.54, 1.807) is 4.90 Å². The Balaban J connectivity index is 1.36. The number of piperazine rings is 1. The van der Waals surface area contributed by atoms with E-state index in [0.29, 0.717) is 18.5 Å². The molecule has 27 heavy (non-hydrogen) atoms. The molecule has 142 valence electrons. The van der Waals surface area contributed by atoms with E-state index in [1.165, 1.54) is 12.8 Å². The van der Waals surface area contributed by atoms with Crippen LogP contribution in [0.25, 0.3) is 0 Å². The first-order valence-electron chi connectivity index (χ1n) is 9.77. The molecule has 3 heterocycles. The Kier molecular flexibility index (Phi) is 3.84. The Labute approximate surface area is 158 Å². The average Bonchev–Trinajstić information content (AvgIpc) is 3.29. The Morgan fingerprint density at radius 1 is 1.19 bits per heavy atom. The quantitative estimate of drug-likeness (QED) is 0.754. The normalized spacial score (nSPS) is 27.0. The lowest BCUT2D eigenvalue weighted by atomic mass is 10.0. The molecule has 1 spiro atoms. The number of imide groups is 1. The summed E-state index contributed by atoms with van der Waals surface area (Å²) in [4.78, 5) is 40.9. The number of benzene rings is 1. The fourth-order valence-corrected chi connectivity index (χ4v) is 4.73. The van der Waals surface area contributed by atoms with Gasteiger partial charge in [0.25, 0.3) is 5.91 Å². The van der Waals surface area contributed by atoms with Crippen molar-refractivity contribution in [3.8, 4) is 0 Å². The van der Waals surface area contributed by atoms with Gasteiger partial charge in [0.05, 0.1) is 0 Å². The number of amides is 3. The molecule has 0 aromatic heterocycles. The zero-order valence-corrected chi connectivity index (χ0v) is 15.3. The van der Waals surface area contributed by atoms with Gasteiger partial charge in [0, 0.05) is 50.2 Å². The molecule has 0 radical (unpaired) electrons. The number of carbonyl (C=O) groups is 3. The summed E-state index contributed by atoms with van der Waals surface area (Å²) in [6, 6.07) is 5.46. The van der Waals surface area contributed by atoms with Gasteiger partial charge in [-0.25, -0.2) is 0 Å². The highest BCUT2D eigenvalue weighted by Crippen LogP contribution is 2.38. The third-order valence-electron chi connectivity index (χ3n) is 6.34. The van der Waals surface area contributed by atoms with Crippen molar-refractivity contribution >= 4 is 17.7 Å². The highest BCUT2D eigenvalue weighted by Gasteiger charge is 2.46. The van der Waals surface area contributed by atoms with Crippen molar-refractivity contribution in [3.63, 3.8) is 0 Å². The number of nitrogens with one attached hydrogen (secondary N) is 2. The van der Waals surface area contributed by atoms with Crippen molar-refractivity contribution < 1.29 is 14.4 Å². The van der Waals surface area contributed by atoms with Crippen LogP contribution < -0.4 is 10.6 Å². The maximum atomic E-state index is 13.2. The van der Waals surface area contributed by atoms with Crippen molar-refractivity contribution in [3.05, 3.63) is 34.9 Å². The van der Waals surface area contributed by atoms with Gasteiger partial charge in [0.2, 0.25) is 11.8 Å². The van der Waals surface area contributed by atoms with E-state index in [-0.39, 0.29) is 24.1 Å². The number of hydrogen-bond acceptors (Lipinski definition) is 5. The Morgan fingerprint density at radius 3 is 2.81 bits per heavy atom. The van der Waals surface area contributed by atoms with Crippen LogP contribution in [-0.4, -0.2) is 58.7 Å². The van der Waals surface area contributed by atoms with Gasteiger partial charge in [-0.1, -0.05) is 18.2 Å². The van der Waals surface area contributed by atoms with Crippen molar-refractivity contribution in [2.75, 3.05) is 19.6 Å². The number of piperidine rings is 1. The van der Waals surface area contributed by atoms with Gasteiger partial charge >= 0.3 is 0 Å². The Morgan fingerprint density at radius 2 is 2.04 bits per heavy atom. The molecule has 7 nitrogen and oxygen atoms in total. The van der Waals surface area contributed by atoms with E-state index in [4.69, 9.17) is 0 Å². The van der Waals surface area contributed by atoms with E-state index in [0.717, 1.165) is 42.9 Å². The molecule has 1 aromatic carbocycles. The molecular formula is C20H24N4O3. The second-order valence-electron chi connectivity index (χ2n) is 8.27. The topological polar surface area (TPSA) is 81.8 Å². The third-order valence-corrected chi connectivity index (χ3v) is 6.34. The minimum atomic E-state index is -0.552. The minimum Gasteiger partial charge on any atom is -0.322 e. The van der Waals surface area contributed by atoms with Crippen LogP contribution in [0.2, 0.25) is 0 Å². The highest BCUT2D eigenvalue weighted by molar-refractivity contribution is 6.05. The van der Waals surface area contributed by atoms with Crippen LogP contribution in [0, 0.1) is 0 Å². The summed E-state index contributed by atoms with van der Waals surface area (Å²) in [5.74, 6) is -0.688. The van der Waals surface area contributed by atoms with Crippen molar-refractivity contribution in [2.24, 2.45) is 0 Å². The third kappa shape index (κ3) is 2.95. The number of hydrogen-bond donors (Lipinski definition) is 2. The summed E-state index contributed by atoms with van der Waals surface area (Å²) < 4.78 is 0. The lowest BCUT2D eigenvalue weighted by molar-refractivity contribution is -0.136. The zero-order chi connectivity index (χ0) is 18.6. The second kappa shape index (κ2) is 6.14. The van der Waals surface area contributed by atoms with Crippen LogP contribution in [0.3, 0.4) is 0 Å². The molecular weight excluding hydrogens is 344 g/mol. The Bertz CT molecular complexity index is 833. The molecule has 7 heteroatoms. The predicted molar refractivity (Wildman–Crippen MR) is 97.7 cm³/mol. The molecule has 1 atom stereocenters. The summed E-state index contributed by atoms with van der Waals surface area (Å²) in [5, 5.41) is 5.98. The van der Waals surface area contributed by atoms with E-state index in [1.807, 2.05) is 18.2 Å². The molecule has 5 rings (SSSR count). The zero-order valence-electron chi connectivity index (χ0n) is 15.3. The first kappa shape index (κ1) is 16.9. The fourth-order valence-electron chi connectivity index (χ4n) is 4.73. The summed E-state index contributed by atoms with van der Waals surface area (Å²) in [6.45, 7) is 4.21. The first-order valence-corrected chi connectivity index (χ1v) is 9.77. The number of fused-ring (bicyclic) bond motifs is 1. The van der Waals surface area contributed by atoms with Crippen molar-refractivity contribution in [1.29, 1.82) is 0 Å². The minimum absolute atomic E-state index is 0.0774. The van der Waals surface area contributed by atoms with Crippen LogP contribution in [0.15, 0.2) is 18.2 Å². The van der Waals surface area contributed by atoms with Crippen LogP contribution in [-0.2, 0) is 22.7 Å². The molecule has 3 fully saturated rings. The predicted octanol–water partition coefficient (Wildman–Crippen LogP) is 0.385. The van der Waals surface area contributed by atoms with Crippen LogP contribution in [0.4, 0.5) is 0 Å². The number of rotatable bonds is 3. The monoisotopic (exact) mass is 368 g/mol. The lowest BCUT2D eigenvalue weighted by Gasteiger charge is -2.34.